The third-order valence-electron chi connectivity index (χ3n) is 7.14. The predicted octanol–water partition coefficient (Wildman–Crippen LogP) is 8.93. The van der Waals surface area contributed by atoms with E-state index in [0.717, 1.165) is 17.3 Å². The Balaban J connectivity index is 0.000000162. The Labute approximate surface area is 154 Å². The molecule has 0 atom stereocenters. The van der Waals surface area contributed by atoms with Crippen molar-refractivity contribution in [1.82, 2.24) is 0 Å². The topological polar surface area (TPSA) is 0 Å². The highest BCUT2D eigenvalue weighted by molar-refractivity contribution is 4.93. The standard InChI is InChI=1S/C7H12.2C6H12.C5H12/c1-3-7(4-1)5-2-6-7;2*1-2-6-4-3-5-6;1-3-5-4-2/h1-6H2;2*6H,2-5H2,1H3;3-5H2,1-2H3. The Kier molecular flexibility index (Phi) is 12.2. The molecule has 0 bridgehead atoms. The molecule has 1 spiro atoms. The molecule has 144 valence electrons. The van der Waals surface area contributed by atoms with Crippen molar-refractivity contribution in [3.63, 3.8) is 0 Å². The molecule has 0 heterocycles. The van der Waals surface area contributed by atoms with Crippen LogP contribution in [-0.4, -0.2) is 0 Å². The van der Waals surface area contributed by atoms with Crippen LogP contribution in [0, 0.1) is 17.3 Å². The Bertz CT molecular complexity index is 227. The molecule has 4 saturated carbocycles. The minimum atomic E-state index is 0.944. The summed E-state index contributed by atoms with van der Waals surface area (Å²) in [4.78, 5) is 0. The highest BCUT2D eigenvalue weighted by Gasteiger charge is 2.41. The number of hydrogen-bond acceptors (Lipinski definition) is 0. The molecule has 0 nitrogen and oxygen atoms in total. The molecule has 0 unspecified atom stereocenters. The van der Waals surface area contributed by atoms with Crippen LogP contribution >= 0.6 is 0 Å². The summed E-state index contributed by atoms with van der Waals surface area (Å²) in [5.41, 5.74) is 0.944. The van der Waals surface area contributed by atoms with Gasteiger partial charge in [0.15, 0.2) is 0 Å². The van der Waals surface area contributed by atoms with Gasteiger partial charge in [0.2, 0.25) is 0 Å². The van der Waals surface area contributed by atoms with Gasteiger partial charge in [0.1, 0.15) is 0 Å². The van der Waals surface area contributed by atoms with E-state index in [1.165, 1.54) is 83.5 Å². The lowest BCUT2D eigenvalue weighted by Gasteiger charge is -2.49. The minimum Gasteiger partial charge on any atom is -0.0654 e. The number of unbranched alkanes of at least 4 members (excludes halogenated alkanes) is 2. The van der Waals surface area contributed by atoms with Crippen LogP contribution in [0.2, 0.25) is 0 Å². The van der Waals surface area contributed by atoms with Crippen LogP contribution in [0.1, 0.15) is 137 Å². The molecule has 0 saturated heterocycles. The van der Waals surface area contributed by atoms with Crippen molar-refractivity contribution < 1.29 is 0 Å². The lowest BCUT2D eigenvalue weighted by molar-refractivity contribution is 0.0314. The number of hydrogen-bond donors (Lipinski definition) is 0. The van der Waals surface area contributed by atoms with Gasteiger partial charge in [0, 0.05) is 0 Å². The summed E-state index contributed by atoms with van der Waals surface area (Å²) in [5, 5.41) is 0. The van der Waals surface area contributed by atoms with Gasteiger partial charge in [-0.15, -0.1) is 0 Å². The summed E-state index contributed by atoms with van der Waals surface area (Å²) in [6.07, 6.45) is 25.3. The van der Waals surface area contributed by atoms with Gasteiger partial charge in [-0.05, 0) is 42.9 Å². The average molecular weight is 337 g/mol. The van der Waals surface area contributed by atoms with E-state index in [2.05, 4.69) is 27.7 Å². The molecular formula is C24H48. The summed E-state index contributed by atoms with van der Waals surface area (Å²) in [6, 6.07) is 0. The van der Waals surface area contributed by atoms with Crippen LogP contribution < -0.4 is 0 Å². The predicted molar refractivity (Wildman–Crippen MR) is 111 cm³/mol. The summed E-state index contributed by atoms with van der Waals surface area (Å²) in [6.45, 7) is 8.99. The van der Waals surface area contributed by atoms with Gasteiger partial charge in [0.25, 0.3) is 0 Å². The zero-order valence-corrected chi connectivity index (χ0v) is 17.7. The molecule has 4 aliphatic carbocycles. The van der Waals surface area contributed by atoms with Crippen LogP contribution in [-0.2, 0) is 0 Å². The molecular weight excluding hydrogens is 288 g/mol. The normalized spacial score (nSPS) is 23.5. The second-order valence-electron chi connectivity index (χ2n) is 8.97. The third-order valence-corrected chi connectivity index (χ3v) is 7.14. The van der Waals surface area contributed by atoms with E-state index in [1.807, 2.05) is 0 Å². The minimum absolute atomic E-state index is 0.944. The Morgan fingerprint density at radius 2 is 0.958 bits per heavy atom. The van der Waals surface area contributed by atoms with Crippen LogP contribution in [0.25, 0.3) is 0 Å². The van der Waals surface area contributed by atoms with Crippen LogP contribution in [0.5, 0.6) is 0 Å². The quantitative estimate of drug-likeness (QED) is 0.480. The Hall–Kier alpha value is 0. The summed E-state index contributed by atoms with van der Waals surface area (Å²) < 4.78 is 0. The first-order valence-corrected chi connectivity index (χ1v) is 11.7. The van der Waals surface area contributed by atoms with E-state index >= 15 is 0 Å². The first-order valence-electron chi connectivity index (χ1n) is 11.7. The molecule has 0 radical (unpaired) electrons. The number of rotatable bonds is 4. The fraction of sp³-hybridized carbons (Fsp3) is 1.00. The fourth-order valence-corrected chi connectivity index (χ4v) is 4.01. The molecule has 0 aromatic heterocycles. The van der Waals surface area contributed by atoms with E-state index in [0.29, 0.717) is 0 Å². The summed E-state index contributed by atoms with van der Waals surface area (Å²) in [5.74, 6) is 2.23. The Morgan fingerprint density at radius 3 is 0.958 bits per heavy atom. The Morgan fingerprint density at radius 1 is 0.583 bits per heavy atom. The summed E-state index contributed by atoms with van der Waals surface area (Å²) in [7, 11) is 0. The summed E-state index contributed by atoms with van der Waals surface area (Å²) >= 11 is 0. The smallest absolute Gasteiger partial charge is 0.0297 e. The van der Waals surface area contributed by atoms with Gasteiger partial charge in [-0.25, -0.2) is 0 Å². The molecule has 4 aliphatic rings. The van der Waals surface area contributed by atoms with E-state index < -0.39 is 0 Å². The van der Waals surface area contributed by atoms with Gasteiger partial charge in [0.05, 0.1) is 0 Å². The lowest BCUT2D eigenvalue weighted by Crippen LogP contribution is -2.35. The molecule has 4 fully saturated rings. The fourth-order valence-electron chi connectivity index (χ4n) is 4.01. The average Bonchev–Trinajstić information content (AvgIpc) is 2.35. The largest absolute Gasteiger partial charge is 0.0654 e. The van der Waals surface area contributed by atoms with Gasteiger partial charge >= 0.3 is 0 Å². The second kappa shape index (κ2) is 13.2. The van der Waals surface area contributed by atoms with Crippen molar-refractivity contribution in [2.75, 3.05) is 0 Å². The highest BCUT2D eigenvalue weighted by Crippen LogP contribution is 2.55. The second-order valence-corrected chi connectivity index (χ2v) is 8.97. The van der Waals surface area contributed by atoms with Crippen molar-refractivity contribution in [1.29, 1.82) is 0 Å². The first kappa shape index (κ1) is 22.0. The monoisotopic (exact) mass is 336 g/mol. The molecule has 0 aliphatic heterocycles. The van der Waals surface area contributed by atoms with Crippen molar-refractivity contribution in [3.8, 4) is 0 Å². The molecule has 0 aromatic rings. The van der Waals surface area contributed by atoms with Crippen molar-refractivity contribution in [2.24, 2.45) is 17.3 Å². The molecule has 0 amide bonds. The molecule has 0 aromatic carbocycles. The van der Waals surface area contributed by atoms with Crippen LogP contribution in [0.4, 0.5) is 0 Å². The van der Waals surface area contributed by atoms with Crippen LogP contribution in [0.3, 0.4) is 0 Å². The zero-order chi connectivity index (χ0) is 17.7. The van der Waals surface area contributed by atoms with Crippen molar-refractivity contribution >= 4 is 0 Å². The van der Waals surface area contributed by atoms with Gasteiger partial charge < -0.3 is 0 Å². The maximum absolute atomic E-state index is 2.28. The zero-order valence-electron chi connectivity index (χ0n) is 17.7. The third kappa shape index (κ3) is 8.39. The highest BCUT2D eigenvalue weighted by atomic mass is 14.5. The van der Waals surface area contributed by atoms with E-state index in [9.17, 15) is 0 Å². The maximum atomic E-state index is 2.28. The van der Waals surface area contributed by atoms with Gasteiger partial charge in [-0.3, -0.25) is 0 Å². The first-order chi connectivity index (χ1) is 11.7. The van der Waals surface area contributed by atoms with Crippen molar-refractivity contribution in [2.45, 2.75) is 137 Å². The molecule has 0 N–H and O–H groups in total. The van der Waals surface area contributed by atoms with Crippen molar-refractivity contribution in [3.05, 3.63) is 0 Å². The SMILES string of the molecule is C1CC2(C1)CCC2.CCC1CCC1.CCC1CCC1.CCCCC. The molecule has 0 heteroatoms. The van der Waals surface area contributed by atoms with Gasteiger partial charge in [-0.1, -0.05) is 111 Å². The molecule has 24 heavy (non-hydrogen) atoms. The molecule has 4 rings (SSSR count). The van der Waals surface area contributed by atoms with E-state index in [-0.39, 0.29) is 0 Å². The van der Waals surface area contributed by atoms with Gasteiger partial charge in [-0.2, -0.15) is 0 Å². The van der Waals surface area contributed by atoms with E-state index in [4.69, 9.17) is 0 Å². The van der Waals surface area contributed by atoms with E-state index in [1.54, 1.807) is 25.7 Å². The van der Waals surface area contributed by atoms with Crippen LogP contribution in [0.15, 0.2) is 0 Å². The maximum Gasteiger partial charge on any atom is -0.0297 e. The lowest BCUT2D eigenvalue weighted by atomic mass is 9.56.